The van der Waals surface area contributed by atoms with Crippen molar-refractivity contribution >= 4 is 134 Å². The molecule has 37 nitrogen and oxygen atoms in total. The summed E-state index contributed by atoms with van der Waals surface area (Å²) in [6.07, 6.45) is 2.31. The van der Waals surface area contributed by atoms with Crippen LogP contribution in [-0.4, -0.2) is 214 Å². The van der Waals surface area contributed by atoms with Crippen molar-refractivity contribution in [1.82, 2.24) is 84.3 Å². The monoisotopic (exact) mass is 1730 g/mol. The number of nitrogens with two attached hydrogens (primary N) is 1. The number of halogens is 1. The molecule has 3 aliphatic rings. The highest BCUT2D eigenvalue weighted by atomic mass is 35.5. The maximum atomic E-state index is 15.6. The number of hydrogen-bond donors (Lipinski definition) is 18. The fourth-order valence-electron chi connectivity index (χ4n) is 14.2. The van der Waals surface area contributed by atoms with E-state index in [0.717, 1.165) is 10.8 Å². The number of pyridine rings is 1. The van der Waals surface area contributed by atoms with Gasteiger partial charge in [-0.2, -0.15) is 0 Å². The summed E-state index contributed by atoms with van der Waals surface area (Å²) in [5, 5.41) is 55.0. The van der Waals surface area contributed by atoms with E-state index in [9.17, 15) is 57.8 Å². The molecule has 12 atom stereocenters. The zero-order valence-corrected chi connectivity index (χ0v) is 70.2. The summed E-state index contributed by atoms with van der Waals surface area (Å²) in [5.74, 6) is -12.8. The first-order valence-electron chi connectivity index (χ1n) is 40.9. The maximum Gasteiger partial charge on any atom is 0.322 e. The molecule has 19 N–H and O–H groups in total. The number of carbonyl (C=O) groups is 17. The third-order valence-electron chi connectivity index (χ3n) is 20.7. The normalized spacial score (nSPS) is 17.1. The number of primary amides is 1. The van der Waals surface area contributed by atoms with Gasteiger partial charge in [-0.3, -0.25) is 87.5 Å². The lowest BCUT2D eigenvalue weighted by atomic mass is 9.99. The molecule has 3 fully saturated rings. The minimum Gasteiger partial charge on any atom is -0.394 e. The predicted octanol–water partition coefficient (Wildman–Crippen LogP) is 0.561. The molecule has 3 aliphatic heterocycles. The van der Waals surface area contributed by atoms with Crippen molar-refractivity contribution in [1.29, 1.82) is 0 Å². The number of nitrogens with zero attached hydrogens (tertiary/aromatic N) is 2. The summed E-state index contributed by atoms with van der Waals surface area (Å²) in [6.45, 7) is 9.60. The number of nitrogens with one attached hydrogen (secondary N) is 16. The number of aliphatic hydroxyl groups is 1. The molecule has 0 saturated carbocycles. The van der Waals surface area contributed by atoms with Crippen LogP contribution in [0, 0.1) is 5.92 Å². The Labute approximate surface area is 720 Å². The fourth-order valence-corrected chi connectivity index (χ4v) is 14.4. The van der Waals surface area contributed by atoms with Gasteiger partial charge in [-0.05, 0) is 139 Å². The molecule has 660 valence electrons. The van der Waals surface area contributed by atoms with Gasteiger partial charge < -0.3 is 90.2 Å². The predicted molar refractivity (Wildman–Crippen MR) is 455 cm³/mol. The largest absolute Gasteiger partial charge is 0.394 e. The third-order valence-corrected chi connectivity index (χ3v) is 21.0. The van der Waals surface area contributed by atoms with Gasteiger partial charge in [-0.25, -0.2) is 9.59 Å². The van der Waals surface area contributed by atoms with E-state index in [1.165, 1.54) is 79.7 Å². The molecule has 0 bridgehead atoms. The van der Waals surface area contributed by atoms with Crippen molar-refractivity contribution in [3.63, 3.8) is 0 Å². The lowest BCUT2D eigenvalue weighted by Crippen LogP contribution is -2.62. The van der Waals surface area contributed by atoms with Crippen molar-refractivity contribution in [2.24, 2.45) is 11.7 Å². The Morgan fingerprint density at radius 1 is 0.500 bits per heavy atom. The van der Waals surface area contributed by atoms with E-state index < -0.39 is 193 Å². The molecule has 124 heavy (non-hydrogen) atoms. The van der Waals surface area contributed by atoms with Crippen LogP contribution >= 0.6 is 11.6 Å². The molecule has 38 heteroatoms. The van der Waals surface area contributed by atoms with Crippen LogP contribution in [0.25, 0.3) is 10.8 Å². The van der Waals surface area contributed by atoms with Crippen LogP contribution in [0.15, 0.2) is 140 Å². The van der Waals surface area contributed by atoms with Crippen LogP contribution < -0.4 is 90.8 Å². The average molecular weight is 1730 g/mol. The Balaban J connectivity index is 1.03. The van der Waals surface area contributed by atoms with Crippen LogP contribution in [0.4, 0.5) is 21.0 Å². The number of hydrogen-bond acceptors (Lipinski definition) is 20. The SMILES string of the molecule is CC(=O)N[C@H](Cc1ccc2ccccc2c1)C(=O)N[C@H](Cc1ccc(Cl)cc1)C(=O)N[C@H](Cc1cccnc1)C(=O)N[C@@H](CO)C(=O)N[C@@H](Cc1ccc(NC(=O)C2CC(=O)NC(=O)N2)cc1)C(=O)N[C@H](Cc1ccc(NC(=O)C2CC(=O)NC(=O)N2)cc1)C(=O)N[C@@H](CC(C)C)C(=O)N[C@@H](CCCCNC(C)C)C(=O)N1CCC[C@H]1C(=O)N[C@H](C)C(N)=O. The number of likely N-dealkylation sites (tertiary alicyclic amines) is 1. The van der Waals surface area contributed by atoms with Gasteiger partial charge in [0.2, 0.25) is 88.6 Å². The Morgan fingerprint density at radius 2 is 0.944 bits per heavy atom. The van der Waals surface area contributed by atoms with Gasteiger partial charge in [0.1, 0.15) is 72.5 Å². The first-order valence-corrected chi connectivity index (χ1v) is 41.3. The number of aromatic nitrogens is 1. The number of anilines is 2. The molecule has 2 unspecified atom stereocenters. The first kappa shape index (κ1) is 94.6. The van der Waals surface area contributed by atoms with E-state index in [2.05, 4.69) is 84.7 Å². The van der Waals surface area contributed by atoms with E-state index in [-0.39, 0.29) is 86.8 Å². The molecule has 9 rings (SSSR count). The standard InChI is InChI=1S/C86H106ClN19O18/c1-46(2)35-61(76(114)95-60(16-9-10-33-90-47(3)4)84(122)106-34-12-17-70(106)83(121)91-48(5)73(88)111)96-78(116)64(38-51-21-28-58(29-22-51)93-74(112)67-42-71(109)104-85(123)102-67)98-80(118)65(39-52-23-30-59(31-24-52)94-75(113)68-43-72(110)105-86(124)103-68)100-82(120)69(45-107)101-81(119)66(41-54-13-11-32-89-44-54)99-79(117)63(37-50-19-26-57(87)27-20-50)97-77(115)62(92-49(6)108)40-53-18-25-55-14-7-8-15-56(55)36-53/h7-8,11,13-15,18-32,36,44,46-48,60-70,90,107H,9-10,12,16-17,33-35,37-43,45H2,1-6H3,(H2,88,111)(H,91,121)(H,92,108)(H,93,112)(H,94,113)(H,95,114)(H,96,116)(H,97,115)(H,98,118)(H,99,117)(H,100,120)(H,101,119)(H2,102,104,109,123)(H2,103,105,110,124)/t48-,60+,61+,62-,63-,64-,65+,66-,67?,68?,69+,70+/m1/s1. The highest BCUT2D eigenvalue weighted by Crippen LogP contribution is 2.24. The van der Waals surface area contributed by atoms with E-state index in [1.54, 1.807) is 56.3 Å². The zero-order valence-electron chi connectivity index (χ0n) is 69.4. The zero-order chi connectivity index (χ0) is 89.8. The number of urea groups is 2. The highest BCUT2D eigenvalue weighted by Gasteiger charge is 2.41. The van der Waals surface area contributed by atoms with E-state index in [4.69, 9.17) is 17.3 Å². The number of unbranched alkanes of at least 4 members (excludes halogenated alkanes) is 1. The fraction of sp³-hybridized carbons (Fsp3) is 0.419. The quantitative estimate of drug-likeness (QED) is 0.0233. The summed E-state index contributed by atoms with van der Waals surface area (Å²) >= 11 is 6.28. The molecule has 5 aromatic carbocycles. The summed E-state index contributed by atoms with van der Waals surface area (Å²) in [5.41, 5.74) is 7.90. The smallest absolute Gasteiger partial charge is 0.322 e. The summed E-state index contributed by atoms with van der Waals surface area (Å²) in [4.78, 5) is 240. The third kappa shape index (κ3) is 29.0. The first-order chi connectivity index (χ1) is 59.1. The van der Waals surface area contributed by atoms with Crippen LogP contribution in [-0.2, 0) is 104 Å². The van der Waals surface area contributed by atoms with Gasteiger partial charge in [-0.1, -0.05) is 124 Å². The van der Waals surface area contributed by atoms with Gasteiger partial charge in [0.15, 0.2) is 0 Å². The molecule has 0 radical (unpaired) electrons. The lowest BCUT2D eigenvalue weighted by molar-refractivity contribution is -0.142. The summed E-state index contributed by atoms with van der Waals surface area (Å²) in [6, 6.07) is 15.3. The number of benzene rings is 5. The molecular weight excluding hydrogens is 1620 g/mol. The number of fused-ring (bicyclic) bond motifs is 1. The second kappa shape index (κ2) is 45.6. The number of rotatable bonds is 42. The maximum absolute atomic E-state index is 15.6. The van der Waals surface area contributed by atoms with Crippen LogP contribution in [0.3, 0.4) is 0 Å². The highest BCUT2D eigenvalue weighted by molar-refractivity contribution is 6.30. The molecule has 4 heterocycles. The Kier molecular flexibility index (Phi) is 34.7. The summed E-state index contributed by atoms with van der Waals surface area (Å²) in [7, 11) is 0. The second-order valence-corrected chi connectivity index (χ2v) is 32.0. The van der Waals surface area contributed by atoms with Crippen molar-refractivity contribution in [2.75, 3.05) is 30.3 Å². The molecule has 3 saturated heterocycles. The van der Waals surface area contributed by atoms with E-state index in [1.807, 2.05) is 55.6 Å². The van der Waals surface area contributed by atoms with Gasteiger partial charge in [0, 0.05) is 80.4 Å². The number of aliphatic hydroxyl groups excluding tert-OH is 1. The topological polar surface area (TPSA) is 545 Å². The average Bonchev–Trinajstić information content (AvgIpc) is 1.85. The molecule has 0 spiro atoms. The Bertz CT molecular complexity index is 4860. The van der Waals surface area contributed by atoms with Crippen LogP contribution in [0.2, 0.25) is 5.02 Å². The number of amides is 19. The minimum atomic E-state index is -1.96. The van der Waals surface area contributed by atoms with Gasteiger partial charge in [0.05, 0.1) is 19.4 Å². The Hall–Kier alpha value is -13.3. The van der Waals surface area contributed by atoms with E-state index >= 15 is 28.8 Å². The number of carbonyl (C=O) groups excluding carboxylic acids is 17. The molecular formula is C86H106ClN19O18. The minimum absolute atomic E-state index is 0.00888. The van der Waals surface area contributed by atoms with Crippen molar-refractivity contribution in [3.8, 4) is 0 Å². The molecule has 0 aliphatic carbocycles. The van der Waals surface area contributed by atoms with Gasteiger partial charge >= 0.3 is 12.1 Å². The summed E-state index contributed by atoms with van der Waals surface area (Å²) < 4.78 is 0. The van der Waals surface area contributed by atoms with Crippen molar-refractivity contribution in [2.45, 2.75) is 204 Å². The van der Waals surface area contributed by atoms with Crippen LogP contribution in [0.5, 0.6) is 0 Å². The number of imide groups is 2. The molecule has 1 aromatic heterocycles. The second-order valence-electron chi connectivity index (χ2n) is 31.5. The van der Waals surface area contributed by atoms with Crippen molar-refractivity contribution < 1.29 is 86.6 Å². The van der Waals surface area contributed by atoms with Gasteiger partial charge in [-0.15, -0.1) is 0 Å². The lowest BCUT2D eigenvalue weighted by Gasteiger charge is -2.31. The molecule has 6 aromatic rings. The Morgan fingerprint density at radius 3 is 1.41 bits per heavy atom. The van der Waals surface area contributed by atoms with Gasteiger partial charge in [0.25, 0.3) is 0 Å². The van der Waals surface area contributed by atoms with Crippen molar-refractivity contribution in [3.05, 3.63) is 173 Å². The van der Waals surface area contributed by atoms with E-state index in [0.29, 0.717) is 53.1 Å². The molecule has 19 amide bonds. The van der Waals surface area contributed by atoms with Crippen LogP contribution in [0.1, 0.15) is 121 Å².